The maximum atomic E-state index is 11.4. The molecular formula is C9H7IN4O2. The molecule has 0 unspecified atom stereocenters. The third-order valence-corrected chi connectivity index (χ3v) is 2.62. The van der Waals surface area contributed by atoms with Gasteiger partial charge in [-0.3, -0.25) is 4.79 Å². The Bertz CT molecular complexity index is 569. The molecule has 16 heavy (non-hydrogen) atoms. The fraction of sp³-hybridized carbons (Fsp3) is 0.111. The monoisotopic (exact) mass is 330 g/mol. The van der Waals surface area contributed by atoms with E-state index in [4.69, 9.17) is 4.74 Å². The van der Waals surface area contributed by atoms with E-state index in [0.717, 1.165) is 0 Å². The predicted molar refractivity (Wildman–Crippen MR) is 65.2 cm³/mol. The molecule has 2 heterocycles. The van der Waals surface area contributed by atoms with Crippen LogP contribution in [0.2, 0.25) is 0 Å². The Hall–Kier alpha value is -1.51. The third-order valence-electron chi connectivity index (χ3n) is 1.85. The molecule has 0 fully saturated rings. The lowest BCUT2D eigenvalue weighted by Gasteiger charge is -2.01. The molecule has 7 heteroatoms. The Morgan fingerprint density at radius 1 is 1.38 bits per heavy atom. The number of hydrogen-bond donors (Lipinski definition) is 1. The lowest BCUT2D eigenvalue weighted by Crippen LogP contribution is -2.12. The minimum absolute atomic E-state index is 0.192. The van der Waals surface area contributed by atoms with Crippen LogP contribution in [-0.4, -0.2) is 27.0 Å². The van der Waals surface area contributed by atoms with E-state index in [9.17, 15) is 4.79 Å². The maximum Gasteiger partial charge on any atom is 0.264 e. The second-order valence-electron chi connectivity index (χ2n) is 2.85. The summed E-state index contributed by atoms with van der Waals surface area (Å²) in [6, 6.07) is 1.60. The highest BCUT2D eigenvalue weighted by Gasteiger charge is 2.05. The summed E-state index contributed by atoms with van der Waals surface area (Å²) in [5.41, 5.74) is 0.323. The minimum Gasteiger partial charge on any atom is -0.481 e. The molecule has 0 bridgehead atoms. The van der Waals surface area contributed by atoms with E-state index in [0.29, 0.717) is 21.0 Å². The van der Waals surface area contributed by atoms with Crippen LogP contribution in [0.5, 0.6) is 5.88 Å². The Morgan fingerprint density at radius 3 is 2.88 bits per heavy atom. The Morgan fingerprint density at radius 2 is 2.19 bits per heavy atom. The SMILES string of the molecule is COc1cc(-c2ncc(I)c(=O)[nH]2)ncn1. The fourth-order valence-electron chi connectivity index (χ4n) is 1.09. The fourth-order valence-corrected chi connectivity index (χ4v) is 1.36. The van der Waals surface area contributed by atoms with Gasteiger partial charge in [0.25, 0.3) is 5.56 Å². The zero-order valence-electron chi connectivity index (χ0n) is 8.27. The molecule has 82 valence electrons. The van der Waals surface area contributed by atoms with Gasteiger partial charge in [-0.2, -0.15) is 0 Å². The molecule has 0 aliphatic heterocycles. The van der Waals surface area contributed by atoms with E-state index < -0.39 is 0 Å². The molecule has 0 aliphatic carbocycles. The van der Waals surface area contributed by atoms with Crippen LogP contribution in [0, 0.1) is 3.57 Å². The molecule has 0 amide bonds. The standard InChI is InChI=1S/C9H7IN4O2/c1-16-7-2-6(12-4-13-7)8-11-3-5(10)9(15)14-8/h2-4H,1H3,(H,11,14,15). The summed E-state index contributed by atoms with van der Waals surface area (Å²) in [6.45, 7) is 0. The van der Waals surface area contributed by atoms with Crippen LogP contribution in [-0.2, 0) is 0 Å². The van der Waals surface area contributed by atoms with Crippen molar-refractivity contribution in [3.63, 3.8) is 0 Å². The highest BCUT2D eigenvalue weighted by Crippen LogP contribution is 2.14. The van der Waals surface area contributed by atoms with Crippen LogP contribution >= 0.6 is 22.6 Å². The van der Waals surface area contributed by atoms with E-state index >= 15 is 0 Å². The van der Waals surface area contributed by atoms with Gasteiger partial charge in [-0.05, 0) is 22.6 Å². The first kappa shape index (κ1) is 11.0. The number of nitrogens with zero attached hydrogens (tertiary/aromatic N) is 3. The predicted octanol–water partition coefficient (Wildman–Crippen LogP) is 0.840. The van der Waals surface area contributed by atoms with Gasteiger partial charge in [-0.1, -0.05) is 0 Å². The minimum atomic E-state index is -0.192. The number of rotatable bonds is 2. The van der Waals surface area contributed by atoms with E-state index in [2.05, 4.69) is 19.9 Å². The molecule has 6 nitrogen and oxygen atoms in total. The number of halogens is 1. The summed E-state index contributed by atoms with van der Waals surface area (Å²) in [5.74, 6) is 0.817. The van der Waals surface area contributed by atoms with Crippen LogP contribution in [0.15, 0.2) is 23.4 Å². The first-order valence-corrected chi connectivity index (χ1v) is 5.40. The molecular weight excluding hydrogens is 323 g/mol. The average molecular weight is 330 g/mol. The highest BCUT2D eigenvalue weighted by atomic mass is 127. The van der Waals surface area contributed by atoms with Crippen LogP contribution in [0.3, 0.4) is 0 Å². The quantitative estimate of drug-likeness (QED) is 0.826. The number of aromatic nitrogens is 4. The van der Waals surface area contributed by atoms with Gasteiger partial charge >= 0.3 is 0 Å². The number of H-pyrrole nitrogens is 1. The van der Waals surface area contributed by atoms with Crippen molar-refractivity contribution in [1.29, 1.82) is 0 Å². The molecule has 2 rings (SSSR count). The first-order valence-electron chi connectivity index (χ1n) is 4.32. The van der Waals surface area contributed by atoms with Gasteiger partial charge in [0.1, 0.15) is 12.0 Å². The van der Waals surface area contributed by atoms with Crippen molar-refractivity contribution in [2.75, 3.05) is 7.11 Å². The van der Waals surface area contributed by atoms with Crippen molar-refractivity contribution in [3.05, 3.63) is 32.5 Å². The van der Waals surface area contributed by atoms with E-state index in [1.807, 2.05) is 22.6 Å². The number of ether oxygens (including phenoxy) is 1. The normalized spacial score (nSPS) is 10.1. The second kappa shape index (κ2) is 4.56. The van der Waals surface area contributed by atoms with Crippen molar-refractivity contribution in [2.24, 2.45) is 0 Å². The van der Waals surface area contributed by atoms with E-state index in [-0.39, 0.29) is 5.56 Å². The van der Waals surface area contributed by atoms with Crippen LogP contribution < -0.4 is 10.3 Å². The number of methoxy groups -OCH3 is 1. The lowest BCUT2D eigenvalue weighted by molar-refractivity contribution is 0.397. The molecule has 0 aliphatic rings. The van der Waals surface area contributed by atoms with E-state index in [1.165, 1.54) is 19.6 Å². The molecule has 0 aromatic carbocycles. The van der Waals surface area contributed by atoms with Gasteiger partial charge in [-0.15, -0.1) is 0 Å². The van der Waals surface area contributed by atoms with Crippen molar-refractivity contribution in [2.45, 2.75) is 0 Å². The van der Waals surface area contributed by atoms with Gasteiger partial charge in [0.05, 0.1) is 10.7 Å². The smallest absolute Gasteiger partial charge is 0.264 e. The van der Waals surface area contributed by atoms with Gasteiger partial charge in [0, 0.05) is 12.3 Å². The van der Waals surface area contributed by atoms with Crippen LogP contribution in [0.4, 0.5) is 0 Å². The summed E-state index contributed by atoms with van der Waals surface area (Å²) in [5, 5.41) is 0. The van der Waals surface area contributed by atoms with Gasteiger partial charge in [0.2, 0.25) is 5.88 Å². The molecule has 0 saturated heterocycles. The van der Waals surface area contributed by atoms with Crippen molar-refractivity contribution in [3.8, 4) is 17.4 Å². The summed E-state index contributed by atoms with van der Waals surface area (Å²) < 4.78 is 5.49. The lowest BCUT2D eigenvalue weighted by atomic mass is 10.4. The number of aromatic amines is 1. The highest BCUT2D eigenvalue weighted by molar-refractivity contribution is 14.1. The van der Waals surface area contributed by atoms with Gasteiger partial charge in [-0.25, -0.2) is 15.0 Å². The molecule has 0 spiro atoms. The maximum absolute atomic E-state index is 11.4. The Balaban J connectivity index is 2.50. The Kier molecular flexibility index (Phi) is 3.13. The average Bonchev–Trinajstić information content (AvgIpc) is 2.33. The molecule has 2 aromatic rings. The summed E-state index contributed by atoms with van der Waals surface area (Å²) in [7, 11) is 1.51. The first-order chi connectivity index (χ1) is 7.70. The summed E-state index contributed by atoms with van der Waals surface area (Å²) >= 11 is 1.91. The number of hydrogen-bond acceptors (Lipinski definition) is 5. The molecule has 0 atom stereocenters. The molecule has 1 N–H and O–H groups in total. The van der Waals surface area contributed by atoms with Gasteiger partial charge in [0.15, 0.2) is 5.82 Å². The molecule has 2 aromatic heterocycles. The number of nitrogens with one attached hydrogen (secondary N) is 1. The largest absolute Gasteiger partial charge is 0.481 e. The summed E-state index contributed by atoms with van der Waals surface area (Å²) in [4.78, 5) is 26.0. The third kappa shape index (κ3) is 2.18. The van der Waals surface area contributed by atoms with Crippen molar-refractivity contribution >= 4 is 22.6 Å². The van der Waals surface area contributed by atoms with Crippen LogP contribution in [0.1, 0.15) is 0 Å². The topological polar surface area (TPSA) is 80.8 Å². The zero-order valence-corrected chi connectivity index (χ0v) is 10.4. The van der Waals surface area contributed by atoms with Gasteiger partial charge < -0.3 is 9.72 Å². The van der Waals surface area contributed by atoms with Crippen molar-refractivity contribution < 1.29 is 4.74 Å². The summed E-state index contributed by atoms with van der Waals surface area (Å²) in [6.07, 6.45) is 2.84. The second-order valence-corrected chi connectivity index (χ2v) is 4.02. The van der Waals surface area contributed by atoms with Crippen LogP contribution in [0.25, 0.3) is 11.5 Å². The molecule has 0 radical (unpaired) electrons. The zero-order chi connectivity index (χ0) is 11.5. The molecule has 0 saturated carbocycles. The van der Waals surface area contributed by atoms with Crippen molar-refractivity contribution in [1.82, 2.24) is 19.9 Å². The van der Waals surface area contributed by atoms with E-state index in [1.54, 1.807) is 6.07 Å². The Labute approximate surface area is 104 Å².